The van der Waals surface area contributed by atoms with Crippen LogP contribution in [-0.2, 0) is 0 Å². The number of hydrogen-bond acceptors (Lipinski definition) is 2. The molecule has 0 saturated heterocycles. The molecule has 0 unspecified atom stereocenters. The quantitative estimate of drug-likeness (QED) is 0.343. The van der Waals surface area contributed by atoms with E-state index < -0.39 is 11.4 Å². The minimum absolute atomic E-state index is 1.04. The molecule has 0 bridgehead atoms. The van der Waals surface area contributed by atoms with Gasteiger partial charge < -0.3 is 10.0 Å². The lowest BCUT2D eigenvalue weighted by Crippen LogP contribution is -2.33. The van der Waals surface area contributed by atoms with Crippen molar-refractivity contribution >= 4 is 30.3 Å². The first-order valence-corrected chi connectivity index (χ1v) is 2.64. The van der Waals surface area contributed by atoms with Crippen molar-refractivity contribution in [2.75, 3.05) is 0 Å². The van der Waals surface area contributed by atoms with Crippen molar-refractivity contribution < 1.29 is 10.0 Å². The summed E-state index contributed by atoms with van der Waals surface area (Å²) in [5.74, 6) is 0. The third-order valence-corrected chi connectivity index (χ3v) is 1.32. The second-order valence-corrected chi connectivity index (χ2v) is 2.70. The number of rotatable bonds is 2. The van der Waals surface area contributed by atoms with E-state index in [-0.39, 0.29) is 0 Å². The van der Waals surface area contributed by atoms with Crippen molar-refractivity contribution in [3.05, 3.63) is 12.7 Å². The summed E-state index contributed by atoms with van der Waals surface area (Å²) in [6.07, 6.45) is 1.04. The molecule has 0 aromatic heterocycles. The topological polar surface area (TPSA) is 40.5 Å². The van der Waals surface area contributed by atoms with Crippen LogP contribution < -0.4 is 0 Å². The predicted molar refractivity (Wildman–Crippen MR) is 34.8 cm³/mol. The first-order valence-electron chi connectivity index (χ1n) is 1.88. The van der Waals surface area contributed by atoms with E-state index in [0.717, 1.165) is 6.08 Å². The lowest BCUT2D eigenvalue weighted by molar-refractivity contribution is 0.403. The average Bonchev–Trinajstić information content (AvgIpc) is 1.67. The number of allylic oxidation sites excluding steroid dienone is 1. The Morgan fingerprint density at radius 3 is 1.88 bits per heavy atom. The normalized spacial score (nSPS) is 11.0. The third-order valence-electron chi connectivity index (χ3n) is 0.616. The summed E-state index contributed by atoms with van der Waals surface area (Å²) in [5.41, 5.74) is 0. The summed E-state index contributed by atoms with van der Waals surface area (Å²) >= 11 is 10.4. The van der Waals surface area contributed by atoms with Gasteiger partial charge in [0.1, 0.15) is 0 Å². The van der Waals surface area contributed by atoms with Crippen molar-refractivity contribution in [3.8, 4) is 0 Å². The largest absolute Gasteiger partial charge is 0.494 e. The van der Waals surface area contributed by atoms with E-state index >= 15 is 0 Å². The van der Waals surface area contributed by atoms with E-state index in [9.17, 15) is 0 Å². The van der Waals surface area contributed by atoms with Gasteiger partial charge in [0.05, 0.1) is 0 Å². The molecule has 0 amide bonds. The molecule has 0 aromatic carbocycles. The number of hydrogen-bond donors (Lipinski definition) is 2. The van der Waals surface area contributed by atoms with Crippen LogP contribution in [0.2, 0.25) is 0 Å². The molecule has 2 nitrogen and oxygen atoms in total. The SMILES string of the molecule is C=CC(Cl)(Cl)B(O)O. The highest BCUT2D eigenvalue weighted by atomic mass is 35.5. The standard InChI is InChI=1S/C3H5BCl2O2/c1-2-3(5,6)4(7)8/h2,7-8H,1H2. The Morgan fingerprint density at radius 2 is 1.88 bits per heavy atom. The van der Waals surface area contributed by atoms with Crippen LogP contribution in [-0.4, -0.2) is 21.4 Å². The summed E-state index contributed by atoms with van der Waals surface area (Å²) in [6.45, 7) is 3.17. The summed E-state index contributed by atoms with van der Waals surface area (Å²) in [7, 11) is -1.77. The summed E-state index contributed by atoms with van der Waals surface area (Å²) in [5, 5.41) is 16.6. The Hall–Kier alpha value is 0.305. The first kappa shape index (κ1) is 8.30. The number of alkyl halides is 2. The van der Waals surface area contributed by atoms with Crippen molar-refractivity contribution in [2.45, 2.75) is 4.23 Å². The fourth-order valence-electron chi connectivity index (χ4n) is 0.105. The minimum atomic E-state index is -1.77. The van der Waals surface area contributed by atoms with Gasteiger partial charge in [0.25, 0.3) is 0 Å². The maximum Gasteiger partial charge on any atom is 0.494 e. The first-order chi connectivity index (χ1) is 3.50. The van der Waals surface area contributed by atoms with Crippen LogP contribution in [0.25, 0.3) is 0 Å². The van der Waals surface area contributed by atoms with Crippen LogP contribution in [0.4, 0.5) is 0 Å². The molecule has 0 rings (SSSR count). The highest BCUT2D eigenvalue weighted by molar-refractivity contribution is 6.76. The van der Waals surface area contributed by atoms with Crippen LogP contribution in [0.3, 0.4) is 0 Å². The molecule has 5 heteroatoms. The third kappa shape index (κ3) is 2.05. The molecule has 0 aliphatic carbocycles. The zero-order valence-electron chi connectivity index (χ0n) is 4.01. The van der Waals surface area contributed by atoms with Crippen molar-refractivity contribution in [1.29, 1.82) is 0 Å². The molecule has 0 heterocycles. The Balaban J connectivity index is 3.90. The molecular weight excluding hydrogens is 150 g/mol. The average molecular weight is 155 g/mol. The molecule has 0 atom stereocenters. The zero-order valence-corrected chi connectivity index (χ0v) is 5.52. The molecule has 46 valence electrons. The fourth-order valence-corrected chi connectivity index (χ4v) is 0.105. The van der Waals surface area contributed by atoms with Crippen LogP contribution in [0.15, 0.2) is 12.7 Å². The van der Waals surface area contributed by atoms with E-state index in [1.807, 2.05) is 0 Å². The van der Waals surface area contributed by atoms with E-state index in [0.29, 0.717) is 0 Å². The molecule has 0 fully saturated rings. The van der Waals surface area contributed by atoms with Gasteiger partial charge in [-0.15, -0.1) is 29.8 Å². The molecule has 0 saturated carbocycles. The van der Waals surface area contributed by atoms with Gasteiger partial charge in [0.2, 0.25) is 0 Å². The smallest absolute Gasteiger partial charge is 0.425 e. The van der Waals surface area contributed by atoms with Gasteiger partial charge in [0.15, 0.2) is 4.23 Å². The highest BCUT2D eigenvalue weighted by Gasteiger charge is 2.34. The molecule has 0 aliphatic heterocycles. The molecule has 8 heavy (non-hydrogen) atoms. The van der Waals surface area contributed by atoms with E-state index in [2.05, 4.69) is 6.58 Å². The van der Waals surface area contributed by atoms with E-state index in [4.69, 9.17) is 33.2 Å². The van der Waals surface area contributed by atoms with Crippen LogP contribution in [0.5, 0.6) is 0 Å². The minimum Gasteiger partial charge on any atom is -0.425 e. The van der Waals surface area contributed by atoms with E-state index in [1.54, 1.807) is 0 Å². The van der Waals surface area contributed by atoms with Crippen molar-refractivity contribution in [2.24, 2.45) is 0 Å². The monoisotopic (exact) mass is 154 g/mol. The van der Waals surface area contributed by atoms with Gasteiger partial charge in [-0.05, 0) is 0 Å². The molecule has 0 aromatic rings. The van der Waals surface area contributed by atoms with Gasteiger partial charge in [0, 0.05) is 0 Å². The maximum absolute atomic E-state index is 8.30. The summed E-state index contributed by atoms with van der Waals surface area (Å²) in [4.78, 5) is 0. The van der Waals surface area contributed by atoms with Crippen LogP contribution in [0, 0.1) is 0 Å². The molecule has 0 radical (unpaired) electrons. The fraction of sp³-hybridized carbons (Fsp3) is 0.333. The van der Waals surface area contributed by atoms with Gasteiger partial charge >= 0.3 is 7.12 Å². The van der Waals surface area contributed by atoms with Crippen molar-refractivity contribution in [1.82, 2.24) is 0 Å². The molecular formula is C3H5BCl2O2. The molecule has 0 aliphatic rings. The van der Waals surface area contributed by atoms with Gasteiger partial charge in [-0.2, -0.15) is 0 Å². The van der Waals surface area contributed by atoms with Crippen molar-refractivity contribution in [3.63, 3.8) is 0 Å². The lowest BCUT2D eigenvalue weighted by atomic mass is 9.85. The number of halogens is 2. The zero-order chi connectivity index (χ0) is 6.78. The Kier molecular flexibility index (Phi) is 2.84. The van der Waals surface area contributed by atoms with Gasteiger partial charge in [-0.3, -0.25) is 0 Å². The molecule has 0 spiro atoms. The van der Waals surface area contributed by atoms with Gasteiger partial charge in [-0.25, -0.2) is 0 Å². The lowest BCUT2D eigenvalue weighted by Gasteiger charge is -2.10. The second kappa shape index (κ2) is 2.73. The highest BCUT2D eigenvalue weighted by Crippen LogP contribution is 2.22. The molecule has 2 N–H and O–H groups in total. The summed E-state index contributed by atoms with van der Waals surface area (Å²) < 4.78 is -1.64. The van der Waals surface area contributed by atoms with Crippen LogP contribution >= 0.6 is 23.2 Å². The Bertz CT molecular complexity index is 93.3. The Labute approximate surface area is 57.9 Å². The van der Waals surface area contributed by atoms with Gasteiger partial charge in [-0.1, -0.05) is 6.08 Å². The summed E-state index contributed by atoms with van der Waals surface area (Å²) in [6, 6.07) is 0. The maximum atomic E-state index is 8.30. The Morgan fingerprint density at radius 1 is 1.50 bits per heavy atom. The van der Waals surface area contributed by atoms with E-state index in [1.165, 1.54) is 0 Å². The van der Waals surface area contributed by atoms with Crippen LogP contribution in [0.1, 0.15) is 0 Å². The second-order valence-electron chi connectivity index (χ2n) is 1.25. The predicted octanol–water partition coefficient (Wildman–Crippen LogP) is 0.358.